The van der Waals surface area contributed by atoms with Gasteiger partial charge in [0.2, 0.25) is 0 Å². The Morgan fingerprint density at radius 1 is 1.00 bits per heavy atom. The highest BCUT2D eigenvalue weighted by atomic mass is 15.1. The SMILES string of the molecule is CCCCCNc1cc(NCc2ccncc2)nc(C)n1. The molecule has 2 N–H and O–H groups in total. The molecule has 5 nitrogen and oxygen atoms in total. The fraction of sp³-hybridized carbons (Fsp3) is 0.438. The fourth-order valence-electron chi connectivity index (χ4n) is 2.03. The quantitative estimate of drug-likeness (QED) is 0.728. The Morgan fingerprint density at radius 3 is 2.43 bits per heavy atom. The maximum Gasteiger partial charge on any atom is 0.132 e. The molecule has 0 aliphatic carbocycles. The Morgan fingerprint density at radius 2 is 1.71 bits per heavy atom. The zero-order valence-corrected chi connectivity index (χ0v) is 12.8. The normalized spacial score (nSPS) is 10.4. The van der Waals surface area contributed by atoms with Crippen molar-refractivity contribution in [1.82, 2.24) is 15.0 Å². The van der Waals surface area contributed by atoms with E-state index in [2.05, 4.69) is 32.5 Å². The first-order valence-electron chi connectivity index (χ1n) is 7.50. The van der Waals surface area contributed by atoms with Crippen molar-refractivity contribution in [3.63, 3.8) is 0 Å². The minimum Gasteiger partial charge on any atom is -0.370 e. The molecule has 0 fully saturated rings. The van der Waals surface area contributed by atoms with Crippen LogP contribution in [-0.4, -0.2) is 21.5 Å². The first-order valence-corrected chi connectivity index (χ1v) is 7.50. The lowest BCUT2D eigenvalue weighted by Gasteiger charge is -2.10. The molecule has 2 rings (SSSR count). The number of nitrogens with zero attached hydrogens (tertiary/aromatic N) is 3. The summed E-state index contributed by atoms with van der Waals surface area (Å²) in [4.78, 5) is 12.8. The third-order valence-electron chi connectivity index (χ3n) is 3.15. The van der Waals surface area contributed by atoms with Gasteiger partial charge < -0.3 is 10.6 Å². The number of aryl methyl sites for hydroxylation is 1. The first-order chi connectivity index (χ1) is 10.3. The van der Waals surface area contributed by atoms with Crippen LogP contribution in [0.15, 0.2) is 30.6 Å². The van der Waals surface area contributed by atoms with Crippen LogP contribution in [-0.2, 0) is 6.54 Å². The molecule has 0 aromatic carbocycles. The third kappa shape index (κ3) is 5.38. The molecule has 112 valence electrons. The zero-order valence-electron chi connectivity index (χ0n) is 12.8. The van der Waals surface area contributed by atoms with Crippen molar-refractivity contribution < 1.29 is 0 Å². The van der Waals surface area contributed by atoms with E-state index < -0.39 is 0 Å². The molecule has 0 unspecified atom stereocenters. The Balaban J connectivity index is 1.91. The van der Waals surface area contributed by atoms with E-state index in [1.54, 1.807) is 12.4 Å². The maximum atomic E-state index is 4.42. The standard InChI is InChI=1S/C16H23N5/c1-3-4-5-8-18-15-11-16(21-13(2)20-15)19-12-14-6-9-17-10-7-14/h6-7,9-11H,3-5,8,12H2,1-2H3,(H2,18,19,20,21). The second kappa shape index (κ2) is 8.19. The summed E-state index contributed by atoms with van der Waals surface area (Å²) in [6, 6.07) is 5.94. The molecule has 0 saturated heterocycles. The van der Waals surface area contributed by atoms with Crippen LogP contribution in [0, 0.1) is 6.92 Å². The van der Waals surface area contributed by atoms with E-state index in [4.69, 9.17) is 0 Å². The number of anilines is 2. The van der Waals surface area contributed by atoms with Crippen molar-refractivity contribution >= 4 is 11.6 Å². The van der Waals surface area contributed by atoms with Crippen LogP contribution in [0.3, 0.4) is 0 Å². The number of nitrogens with one attached hydrogen (secondary N) is 2. The van der Waals surface area contributed by atoms with Gasteiger partial charge in [-0.25, -0.2) is 9.97 Å². The van der Waals surface area contributed by atoms with Gasteiger partial charge in [0.25, 0.3) is 0 Å². The largest absolute Gasteiger partial charge is 0.370 e. The Hall–Kier alpha value is -2.17. The van der Waals surface area contributed by atoms with E-state index in [1.807, 2.05) is 25.1 Å². The lowest BCUT2D eigenvalue weighted by Crippen LogP contribution is -2.08. The van der Waals surface area contributed by atoms with E-state index >= 15 is 0 Å². The van der Waals surface area contributed by atoms with Gasteiger partial charge in [-0.3, -0.25) is 4.98 Å². The fourth-order valence-corrected chi connectivity index (χ4v) is 2.03. The molecule has 2 aromatic rings. The van der Waals surface area contributed by atoms with E-state index in [-0.39, 0.29) is 0 Å². The van der Waals surface area contributed by atoms with Gasteiger partial charge in [0.1, 0.15) is 17.5 Å². The summed E-state index contributed by atoms with van der Waals surface area (Å²) in [5.41, 5.74) is 1.18. The van der Waals surface area contributed by atoms with Crippen LogP contribution >= 0.6 is 0 Å². The average Bonchev–Trinajstić information content (AvgIpc) is 2.50. The molecule has 21 heavy (non-hydrogen) atoms. The predicted octanol–water partition coefficient (Wildman–Crippen LogP) is 3.39. The summed E-state index contributed by atoms with van der Waals surface area (Å²) in [5.74, 6) is 2.50. The van der Waals surface area contributed by atoms with Crippen LogP contribution in [0.25, 0.3) is 0 Å². The van der Waals surface area contributed by atoms with Crippen LogP contribution in [0.2, 0.25) is 0 Å². The van der Waals surface area contributed by atoms with Crippen molar-refractivity contribution in [3.8, 4) is 0 Å². The van der Waals surface area contributed by atoms with Crippen LogP contribution in [0.4, 0.5) is 11.6 Å². The molecule has 0 bridgehead atoms. The molecule has 0 amide bonds. The molecule has 5 heteroatoms. The van der Waals surface area contributed by atoms with Gasteiger partial charge >= 0.3 is 0 Å². The monoisotopic (exact) mass is 285 g/mol. The number of hydrogen-bond acceptors (Lipinski definition) is 5. The van der Waals surface area contributed by atoms with Crippen molar-refractivity contribution in [2.24, 2.45) is 0 Å². The molecule has 0 saturated carbocycles. The summed E-state index contributed by atoms with van der Waals surface area (Å²) in [6.45, 7) is 5.80. The van der Waals surface area contributed by atoms with E-state index in [9.17, 15) is 0 Å². The molecule has 0 atom stereocenters. The minimum absolute atomic E-state index is 0.730. The smallest absolute Gasteiger partial charge is 0.132 e. The second-order valence-electron chi connectivity index (χ2n) is 5.03. The number of pyridine rings is 1. The second-order valence-corrected chi connectivity index (χ2v) is 5.03. The zero-order chi connectivity index (χ0) is 14.9. The van der Waals surface area contributed by atoms with Gasteiger partial charge in [0.05, 0.1) is 0 Å². The van der Waals surface area contributed by atoms with Gasteiger partial charge in [-0.15, -0.1) is 0 Å². The summed E-state index contributed by atoms with van der Waals surface area (Å²) in [6.07, 6.45) is 7.22. The van der Waals surface area contributed by atoms with Gasteiger partial charge in [-0.1, -0.05) is 19.8 Å². The highest BCUT2D eigenvalue weighted by Gasteiger charge is 2.01. The Kier molecular flexibility index (Phi) is 5.94. The Labute approximate surface area is 126 Å². The topological polar surface area (TPSA) is 62.7 Å². The lowest BCUT2D eigenvalue weighted by molar-refractivity contribution is 0.742. The predicted molar refractivity (Wildman–Crippen MR) is 86.3 cm³/mol. The average molecular weight is 285 g/mol. The number of hydrogen-bond donors (Lipinski definition) is 2. The van der Waals surface area contributed by atoms with Gasteiger partial charge in [-0.2, -0.15) is 0 Å². The number of unbranched alkanes of at least 4 members (excludes halogenated alkanes) is 2. The first kappa shape index (κ1) is 15.2. The van der Waals surface area contributed by atoms with Gasteiger partial charge in [0.15, 0.2) is 0 Å². The third-order valence-corrected chi connectivity index (χ3v) is 3.15. The van der Waals surface area contributed by atoms with E-state index in [0.717, 1.165) is 30.5 Å². The molecule has 2 heterocycles. The minimum atomic E-state index is 0.730. The van der Waals surface area contributed by atoms with E-state index in [1.165, 1.54) is 24.8 Å². The maximum absolute atomic E-state index is 4.42. The Bertz CT molecular complexity index is 542. The summed E-state index contributed by atoms with van der Waals surface area (Å²) in [5, 5.41) is 6.68. The van der Waals surface area contributed by atoms with Crippen molar-refractivity contribution in [2.45, 2.75) is 39.7 Å². The highest BCUT2D eigenvalue weighted by Crippen LogP contribution is 2.12. The lowest BCUT2D eigenvalue weighted by atomic mass is 10.2. The van der Waals surface area contributed by atoms with Crippen LogP contribution in [0.5, 0.6) is 0 Å². The van der Waals surface area contributed by atoms with Gasteiger partial charge in [0, 0.05) is 31.5 Å². The summed E-state index contributed by atoms with van der Waals surface area (Å²) >= 11 is 0. The number of rotatable bonds is 8. The summed E-state index contributed by atoms with van der Waals surface area (Å²) in [7, 11) is 0. The van der Waals surface area contributed by atoms with Crippen molar-refractivity contribution in [3.05, 3.63) is 42.0 Å². The molecular weight excluding hydrogens is 262 g/mol. The molecule has 0 aliphatic rings. The van der Waals surface area contributed by atoms with Crippen molar-refractivity contribution in [1.29, 1.82) is 0 Å². The molecule has 0 spiro atoms. The number of aromatic nitrogens is 3. The highest BCUT2D eigenvalue weighted by molar-refractivity contribution is 5.47. The van der Waals surface area contributed by atoms with Gasteiger partial charge in [-0.05, 0) is 31.0 Å². The molecule has 0 aliphatic heterocycles. The van der Waals surface area contributed by atoms with Crippen LogP contribution in [0.1, 0.15) is 37.6 Å². The molecule has 2 aromatic heterocycles. The molecule has 0 radical (unpaired) electrons. The van der Waals surface area contributed by atoms with Crippen LogP contribution < -0.4 is 10.6 Å². The van der Waals surface area contributed by atoms with Crippen molar-refractivity contribution in [2.75, 3.05) is 17.2 Å². The molecular formula is C16H23N5. The summed E-state index contributed by atoms with van der Waals surface area (Å²) < 4.78 is 0. The van der Waals surface area contributed by atoms with E-state index in [0.29, 0.717) is 0 Å².